The van der Waals surface area contributed by atoms with E-state index in [1.54, 1.807) is 31.2 Å². The molecule has 1 rings (SSSR count). The summed E-state index contributed by atoms with van der Waals surface area (Å²) in [6.45, 7) is 4.38. The van der Waals surface area contributed by atoms with Crippen LogP contribution in [0.1, 0.15) is 26.3 Å². The van der Waals surface area contributed by atoms with E-state index in [1.807, 2.05) is 6.07 Å². The van der Waals surface area contributed by atoms with Crippen molar-refractivity contribution in [1.82, 2.24) is 10.7 Å². The van der Waals surface area contributed by atoms with E-state index in [0.717, 1.165) is 17.3 Å². The lowest BCUT2D eigenvalue weighted by Crippen LogP contribution is -2.44. The zero-order valence-corrected chi connectivity index (χ0v) is 17.3. The first-order chi connectivity index (χ1) is 13.7. The van der Waals surface area contributed by atoms with Gasteiger partial charge >= 0.3 is 12.1 Å². The second-order valence-corrected chi connectivity index (χ2v) is 7.50. The summed E-state index contributed by atoms with van der Waals surface area (Å²) in [5.41, 5.74) is -0.346. The van der Waals surface area contributed by atoms with E-state index in [9.17, 15) is 19.6 Å². The molecule has 0 aromatic heterocycles. The predicted octanol–water partition coefficient (Wildman–Crippen LogP) is 2.25. The second-order valence-electron chi connectivity index (χ2n) is 6.50. The quantitative estimate of drug-likeness (QED) is 0.398. The van der Waals surface area contributed by atoms with Crippen molar-refractivity contribution in [1.29, 1.82) is 0 Å². The summed E-state index contributed by atoms with van der Waals surface area (Å²) >= 11 is 0.762. The van der Waals surface area contributed by atoms with Gasteiger partial charge in [-0.1, -0.05) is 42.1 Å². The lowest BCUT2D eigenvalue weighted by molar-refractivity contribution is -0.313. The topological polar surface area (TPSA) is 137 Å². The summed E-state index contributed by atoms with van der Waals surface area (Å²) < 4.78 is 10.0. The number of hydrogen-bond donors (Lipinski definition) is 2. The number of alkyl carbamates (subject to hydrolysis) is 1. The van der Waals surface area contributed by atoms with Gasteiger partial charge in [-0.15, -0.1) is 5.39 Å². The molecule has 29 heavy (non-hydrogen) atoms. The maximum atomic E-state index is 12.3. The zero-order chi connectivity index (χ0) is 21.9. The fourth-order valence-corrected chi connectivity index (χ4v) is 2.94. The van der Waals surface area contributed by atoms with Crippen LogP contribution in [0.15, 0.2) is 30.3 Å². The first kappa shape index (κ1) is 24.9. The Morgan fingerprint density at radius 2 is 1.90 bits per heavy atom. The average molecular weight is 429 g/mol. The summed E-state index contributed by atoms with van der Waals surface area (Å²) in [5, 5.41) is 20.2. The van der Waals surface area contributed by atoms with Crippen molar-refractivity contribution in [3.8, 4) is 0 Å². The fourth-order valence-electron chi connectivity index (χ4n) is 1.95. The zero-order valence-electron chi connectivity index (χ0n) is 16.5. The van der Waals surface area contributed by atoms with Crippen molar-refractivity contribution >= 4 is 28.9 Å². The molecule has 0 aliphatic rings. The van der Waals surface area contributed by atoms with Gasteiger partial charge in [0.05, 0.1) is 18.6 Å². The normalized spacial score (nSPS) is 12.3. The van der Waals surface area contributed by atoms with Gasteiger partial charge in [-0.05, 0) is 26.3 Å². The van der Waals surface area contributed by atoms with Gasteiger partial charge in [-0.3, -0.25) is 9.63 Å². The average Bonchev–Trinajstić information content (AvgIpc) is 2.68. The number of ether oxygens (including phenoxy) is 2. The first-order valence-corrected chi connectivity index (χ1v) is 9.74. The molecule has 0 fully saturated rings. The summed E-state index contributed by atoms with van der Waals surface area (Å²) in [5.74, 6) is -0.818. The summed E-state index contributed by atoms with van der Waals surface area (Å²) in [6.07, 6.45) is -0.829. The number of carbonyl (C=O) groups is 3. The molecule has 0 unspecified atom stereocenters. The number of rotatable bonds is 11. The Balaban J connectivity index is 2.62. The van der Waals surface area contributed by atoms with E-state index in [4.69, 9.17) is 14.7 Å². The molecule has 0 saturated carbocycles. The summed E-state index contributed by atoms with van der Waals surface area (Å²) in [7, 11) is 0. The molecule has 11 heteroatoms. The van der Waals surface area contributed by atoms with Crippen molar-refractivity contribution in [3.05, 3.63) is 41.1 Å². The molecule has 0 aliphatic heterocycles. The number of benzene rings is 1. The largest absolute Gasteiger partial charge is 0.738 e. The van der Waals surface area contributed by atoms with E-state index in [2.05, 4.69) is 10.2 Å². The third-order valence-electron chi connectivity index (χ3n) is 3.55. The Kier molecular flexibility index (Phi) is 10.6. The van der Waals surface area contributed by atoms with Crippen molar-refractivity contribution in [2.45, 2.75) is 33.4 Å². The lowest BCUT2D eigenvalue weighted by atomic mass is 9.97. The van der Waals surface area contributed by atoms with Gasteiger partial charge in [0.15, 0.2) is 5.12 Å². The molecule has 1 aromatic carbocycles. The van der Waals surface area contributed by atoms with Gasteiger partial charge in [-0.25, -0.2) is 9.59 Å². The monoisotopic (exact) mass is 429 g/mol. The van der Waals surface area contributed by atoms with Crippen LogP contribution in [0, 0.1) is 10.6 Å². The van der Waals surface area contributed by atoms with Crippen molar-refractivity contribution in [3.63, 3.8) is 0 Å². The smallest absolute Gasteiger partial charge is 0.408 e. The molecule has 162 valence electrons. The van der Waals surface area contributed by atoms with Gasteiger partial charge in [0.1, 0.15) is 12.6 Å². The van der Waals surface area contributed by atoms with Crippen molar-refractivity contribution in [2.24, 2.45) is 5.41 Å². The number of thioether (sulfide) groups is 1. The molecule has 0 saturated heterocycles. The number of esters is 1. The highest BCUT2D eigenvalue weighted by molar-refractivity contribution is 8.13. The minimum atomic E-state index is -1.12. The SMILES string of the molecule is CCOC(=O)[C@H](CSC(=O)C(C)(C)CON([O-])O)NC(=O)OCc1ccccc1. The molecule has 0 spiro atoms. The van der Waals surface area contributed by atoms with E-state index in [1.165, 1.54) is 13.8 Å². The third kappa shape index (κ3) is 9.72. The van der Waals surface area contributed by atoms with Crippen LogP contribution in [0.3, 0.4) is 0 Å². The molecular weight excluding hydrogens is 404 g/mol. The molecule has 0 bridgehead atoms. The van der Waals surface area contributed by atoms with E-state index in [-0.39, 0.29) is 25.6 Å². The lowest BCUT2D eigenvalue weighted by Gasteiger charge is -2.27. The molecule has 10 nitrogen and oxygen atoms in total. The molecule has 1 amide bonds. The van der Waals surface area contributed by atoms with Crippen LogP contribution < -0.4 is 5.32 Å². The molecule has 0 heterocycles. The van der Waals surface area contributed by atoms with Crippen molar-refractivity contribution < 1.29 is 33.9 Å². The fraction of sp³-hybridized carbons (Fsp3) is 0.500. The number of carbonyl (C=O) groups excluding carboxylic acids is 3. The van der Waals surface area contributed by atoms with Crippen LogP contribution in [0.2, 0.25) is 0 Å². The molecular formula is C18H25N2O8S-. The van der Waals surface area contributed by atoms with Crippen molar-refractivity contribution in [2.75, 3.05) is 19.0 Å². The van der Waals surface area contributed by atoms with Crippen LogP contribution >= 0.6 is 11.8 Å². The predicted molar refractivity (Wildman–Crippen MR) is 104 cm³/mol. The minimum absolute atomic E-state index is 0.0194. The van der Waals surface area contributed by atoms with Gasteiger partial charge in [0.25, 0.3) is 0 Å². The highest BCUT2D eigenvalue weighted by Crippen LogP contribution is 2.25. The van der Waals surface area contributed by atoms with E-state index < -0.39 is 34.0 Å². The van der Waals surface area contributed by atoms with Crippen LogP contribution in [-0.4, -0.2) is 52.8 Å². The highest BCUT2D eigenvalue weighted by atomic mass is 32.2. The maximum absolute atomic E-state index is 12.3. The standard InChI is InChI=1S/C18H25N2O8S/c1-4-26-15(21)14(11-29-16(22)18(2,3)12-28-20(24)25)19-17(23)27-10-13-8-6-5-7-9-13/h5-9,14,24H,4,10-12H2,1-3H3,(H,19,23)/q-1/t14-/m0/s1. The van der Waals surface area contributed by atoms with E-state index >= 15 is 0 Å². The van der Waals surface area contributed by atoms with E-state index in [0.29, 0.717) is 0 Å². The molecule has 2 N–H and O–H groups in total. The Labute approximate surface area is 173 Å². The van der Waals surface area contributed by atoms with Crippen LogP contribution in [-0.2, 0) is 30.5 Å². The molecule has 0 radical (unpaired) electrons. The Hall–Kier alpha value is -2.18. The second kappa shape index (κ2) is 12.4. The summed E-state index contributed by atoms with van der Waals surface area (Å²) in [6, 6.07) is 7.88. The highest BCUT2D eigenvalue weighted by Gasteiger charge is 2.31. The van der Waals surface area contributed by atoms with Gasteiger partial charge in [-0.2, -0.15) is 0 Å². The molecule has 1 aromatic rings. The first-order valence-electron chi connectivity index (χ1n) is 8.76. The number of nitrogens with zero attached hydrogens (tertiary/aromatic N) is 1. The maximum Gasteiger partial charge on any atom is 0.408 e. The minimum Gasteiger partial charge on any atom is -0.738 e. The Morgan fingerprint density at radius 3 is 2.48 bits per heavy atom. The molecule has 1 atom stereocenters. The number of hydrogen-bond acceptors (Lipinski definition) is 10. The summed E-state index contributed by atoms with van der Waals surface area (Å²) in [4.78, 5) is 40.9. The van der Waals surface area contributed by atoms with Gasteiger partial charge in [0.2, 0.25) is 0 Å². The Bertz CT molecular complexity index is 669. The number of amides is 1. The van der Waals surface area contributed by atoms with Gasteiger partial charge < -0.3 is 25.2 Å². The van der Waals surface area contributed by atoms with Crippen LogP contribution in [0.4, 0.5) is 4.79 Å². The number of nitrogens with one attached hydrogen (secondary N) is 1. The third-order valence-corrected chi connectivity index (χ3v) is 4.86. The van der Waals surface area contributed by atoms with Crippen LogP contribution in [0.5, 0.6) is 0 Å². The van der Waals surface area contributed by atoms with Crippen LogP contribution in [0.25, 0.3) is 0 Å². The Morgan fingerprint density at radius 1 is 1.24 bits per heavy atom. The van der Waals surface area contributed by atoms with Gasteiger partial charge in [0, 0.05) is 5.75 Å². The molecule has 0 aliphatic carbocycles.